The Hall–Kier alpha value is -1.48. The van der Waals surface area contributed by atoms with Gasteiger partial charge >= 0.3 is 0 Å². The summed E-state index contributed by atoms with van der Waals surface area (Å²) >= 11 is 7.71. The first-order chi connectivity index (χ1) is 13.0. The number of nitrogens with one attached hydrogen (secondary N) is 1. The molecule has 7 nitrogen and oxygen atoms in total. The third kappa shape index (κ3) is 4.18. The first kappa shape index (κ1) is 18.9. The van der Waals surface area contributed by atoms with Gasteiger partial charge in [0.25, 0.3) is 5.91 Å². The van der Waals surface area contributed by atoms with Gasteiger partial charge in [0, 0.05) is 50.6 Å². The lowest BCUT2D eigenvalue weighted by Crippen LogP contribution is -2.35. The highest BCUT2D eigenvalue weighted by Crippen LogP contribution is 2.34. The molecule has 2 aromatic rings. The Bertz CT molecular complexity index is 819. The van der Waals surface area contributed by atoms with E-state index in [2.05, 4.69) is 26.5 Å². The fraction of sp³-hybridized carbons (Fsp3) is 0.611. The van der Waals surface area contributed by atoms with Crippen LogP contribution in [0.25, 0.3) is 0 Å². The van der Waals surface area contributed by atoms with Gasteiger partial charge in [0.2, 0.25) is 5.82 Å². The van der Waals surface area contributed by atoms with Gasteiger partial charge in [-0.3, -0.25) is 9.69 Å². The zero-order chi connectivity index (χ0) is 19.0. The molecule has 146 valence electrons. The Labute approximate surface area is 168 Å². The number of hydrogen-bond donors (Lipinski definition) is 1. The number of carbonyl (C=O) groups excluding carboxylic acids is 1. The second-order valence-corrected chi connectivity index (χ2v) is 9.53. The number of rotatable bonds is 6. The molecule has 2 aliphatic heterocycles. The van der Waals surface area contributed by atoms with Crippen LogP contribution in [0.2, 0.25) is 4.34 Å². The van der Waals surface area contributed by atoms with E-state index >= 15 is 0 Å². The molecule has 1 fully saturated rings. The number of amides is 1. The second kappa shape index (κ2) is 7.87. The van der Waals surface area contributed by atoms with Gasteiger partial charge in [0.15, 0.2) is 0 Å². The number of likely N-dealkylation sites (tertiary alicyclic amines) is 1. The maximum atomic E-state index is 12.5. The van der Waals surface area contributed by atoms with Crippen molar-refractivity contribution in [2.45, 2.75) is 19.5 Å². The second-order valence-electron chi connectivity index (χ2n) is 7.73. The summed E-state index contributed by atoms with van der Waals surface area (Å²) in [6.07, 6.45) is 0.893. The predicted octanol–water partition coefficient (Wildman–Crippen LogP) is 1.59. The smallest absolute Gasteiger partial charge is 0.289 e. The normalized spacial score (nSPS) is 22.1. The van der Waals surface area contributed by atoms with Crippen LogP contribution in [0.3, 0.4) is 0 Å². The van der Waals surface area contributed by atoms with Gasteiger partial charge in [-0.2, -0.15) is 0 Å². The number of nitrogens with zero attached hydrogens (tertiary/aromatic N) is 5. The highest BCUT2D eigenvalue weighted by atomic mass is 35.5. The maximum Gasteiger partial charge on any atom is 0.289 e. The Morgan fingerprint density at radius 2 is 2.11 bits per heavy atom. The van der Waals surface area contributed by atoms with Gasteiger partial charge in [0.05, 0.1) is 4.34 Å². The average molecular weight is 409 g/mol. The lowest BCUT2D eigenvalue weighted by molar-refractivity contribution is 0.0932. The summed E-state index contributed by atoms with van der Waals surface area (Å²) in [6.45, 7) is 5.29. The van der Waals surface area contributed by atoms with E-state index in [0.29, 0.717) is 24.2 Å². The molecule has 1 saturated heterocycles. The number of fused-ring (bicyclic) bond motifs is 2. The molecule has 4 heterocycles. The van der Waals surface area contributed by atoms with Gasteiger partial charge in [-0.1, -0.05) is 11.6 Å². The number of likely N-dealkylation sites (N-methyl/N-ethyl adjacent to an activating group) is 1. The lowest BCUT2D eigenvalue weighted by Gasteiger charge is -2.25. The van der Waals surface area contributed by atoms with Gasteiger partial charge in [-0.25, -0.2) is 0 Å². The van der Waals surface area contributed by atoms with Crippen molar-refractivity contribution in [1.82, 2.24) is 29.9 Å². The molecule has 0 radical (unpaired) electrons. The molecule has 1 amide bonds. The monoisotopic (exact) mass is 408 g/mol. The van der Waals surface area contributed by atoms with Gasteiger partial charge in [-0.15, -0.1) is 21.5 Å². The van der Waals surface area contributed by atoms with Crippen LogP contribution in [-0.4, -0.2) is 70.7 Å². The van der Waals surface area contributed by atoms with Crippen LogP contribution in [0.4, 0.5) is 0 Å². The Kier molecular flexibility index (Phi) is 5.50. The number of hydrogen-bond acceptors (Lipinski definition) is 6. The summed E-state index contributed by atoms with van der Waals surface area (Å²) < 4.78 is 2.87. The summed E-state index contributed by atoms with van der Waals surface area (Å²) in [7, 11) is 3.97. The van der Waals surface area contributed by atoms with E-state index in [1.807, 2.05) is 29.6 Å². The van der Waals surface area contributed by atoms with E-state index in [0.717, 1.165) is 49.3 Å². The number of thiophene rings is 1. The lowest BCUT2D eigenvalue weighted by atomic mass is 9.89. The number of carbonyl (C=O) groups is 1. The SMILES string of the molecule is CN(C)CCNC(=O)c1nnc2n1C[C@H]1CN(Cc3ccc(Cl)s3)C[C@@H]1C2. The molecular formula is C18H25ClN6OS. The number of halogens is 1. The van der Waals surface area contributed by atoms with E-state index < -0.39 is 0 Å². The molecule has 27 heavy (non-hydrogen) atoms. The van der Waals surface area contributed by atoms with Crippen molar-refractivity contribution in [2.75, 3.05) is 40.3 Å². The standard InChI is InChI=1S/C18H25ClN6OS/c1-23(2)6-5-20-18(26)17-22-21-16-7-12-8-24(9-13(12)10-25(16)17)11-14-3-4-15(19)27-14/h3-4,12-13H,5-11H2,1-2H3,(H,20,26)/t12-,13+/m0/s1. The van der Waals surface area contributed by atoms with Gasteiger partial charge in [0.1, 0.15) is 5.82 Å². The third-order valence-electron chi connectivity index (χ3n) is 5.40. The quantitative estimate of drug-likeness (QED) is 0.786. The summed E-state index contributed by atoms with van der Waals surface area (Å²) in [5, 5.41) is 11.4. The fourth-order valence-corrected chi connectivity index (χ4v) is 5.18. The zero-order valence-corrected chi connectivity index (χ0v) is 17.3. The largest absolute Gasteiger partial charge is 0.348 e. The van der Waals surface area contributed by atoms with Crippen LogP contribution in [0.15, 0.2) is 12.1 Å². The van der Waals surface area contributed by atoms with Crippen LogP contribution in [0.5, 0.6) is 0 Å². The first-order valence-corrected chi connectivity index (χ1v) is 10.5. The van der Waals surface area contributed by atoms with Crippen LogP contribution in [0.1, 0.15) is 21.3 Å². The fourth-order valence-electron chi connectivity index (χ4n) is 4.05. The van der Waals surface area contributed by atoms with Crippen LogP contribution < -0.4 is 5.32 Å². The minimum absolute atomic E-state index is 0.128. The molecule has 2 atom stereocenters. The van der Waals surface area contributed by atoms with Crippen LogP contribution in [0, 0.1) is 11.8 Å². The van der Waals surface area contributed by atoms with E-state index in [1.54, 1.807) is 11.3 Å². The molecule has 0 aliphatic carbocycles. The van der Waals surface area contributed by atoms with Crippen LogP contribution in [-0.2, 0) is 19.5 Å². The van der Waals surface area contributed by atoms with Gasteiger partial charge < -0.3 is 14.8 Å². The Morgan fingerprint density at radius 3 is 2.85 bits per heavy atom. The maximum absolute atomic E-state index is 12.5. The number of aromatic nitrogens is 3. The van der Waals surface area contributed by atoms with Crippen molar-refractivity contribution in [3.63, 3.8) is 0 Å². The topological polar surface area (TPSA) is 66.3 Å². The summed E-state index contributed by atoms with van der Waals surface area (Å²) in [4.78, 5) is 18.3. The minimum Gasteiger partial charge on any atom is -0.348 e. The molecule has 9 heteroatoms. The molecule has 2 aliphatic rings. The van der Waals surface area contributed by atoms with Crippen LogP contribution >= 0.6 is 22.9 Å². The van der Waals surface area contributed by atoms with E-state index in [4.69, 9.17) is 11.6 Å². The third-order valence-corrected chi connectivity index (χ3v) is 6.61. The minimum atomic E-state index is -0.128. The summed E-state index contributed by atoms with van der Waals surface area (Å²) in [5.74, 6) is 2.39. The van der Waals surface area contributed by atoms with Crippen molar-refractivity contribution >= 4 is 28.8 Å². The highest BCUT2D eigenvalue weighted by Gasteiger charge is 2.39. The summed E-state index contributed by atoms with van der Waals surface area (Å²) in [6, 6.07) is 4.08. The highest BCUT2D eigenvalue weighted by molar-refractivity contribution is 7.16. The molecule has 0 spiro atoms. The molecular weight excluding hydrogens is 384 g/mol. The van der Waals surface area contributed by atoms with E-state index in [9.17, 15) is 4.79 Å². The Morgan fingerprint density at radius 1 is 1.30 bits per heavy atom. The van der Waals surface area contributed by atoms with Crippen molar-refractivity contribution in [3.8, 4) is 0 Å². The summed E-state index contributed by atoms with van der Waals surface area (Å²) in [5.41, 5.74) is 0. The van der Waals surface area contributed by atoms with E-state index in [-0.39, 0.29) is 5.91 Å². The average Bonchev–Trinajstić information content (AvgIpc) is 3.30. The molecule has 2 aromatic heterocycles. The molecule has 4 rings (SSSR count). The van der Waals surface area contributed by atoms with Crippen molar-refractivity contribution in [2.24, 2.45) is 11.8 Å². The molecule has 0 saturated carbocycles. The first-order valence-electron chi connectivity index (χ1n) is 9.31. The van der Waals surface area contributed by atoms with Gasteiger partial charge in [-0.05, 0) is 38.1 Å². The zero-order valence-electron chi connectivity index (χ0n) is 15.7. The molecule has 0 aromatic carbocycles. The van der Waals surface area contributed by atoms with E-state index in [1.165, 1.54) is 4.88 Å². The molecule has 0 unspecified atom stereocenters. The van der Waals surface area contributed by atoms with Crippen molar-refractivity contribution < 1.29 is 4.79 Å². The van der Waals surface area contributed by atoms with Crippen molar-refractivity contribution in [3.05, 3.63) is 33.0 Å². The Balaban J connectivity index is 1.39. The predicted molar refractivity (Wildman–Crippen MR) is 106 cm³/mol. The molecule has 1 N–H and O–H groups in total. The molecule has 0 bridgehead atoms. The van der Waals surface area contributed by atoms with Crippen molar-refractivity contribution in [1.29, 1.82) is 0 Å².